The van der Waals surface area contributed by atoms with E-state index >= 15 is 0 Å². The van der Waals surface area contributed by atoms with Crippen LogP contribution < -0.4 is 0 Å². The highest BCUT2D eigenvalue weighted by Gasteiger charge is 2.31. The average Bonchev–Trinajstić information content (AvgIpc) is 3.28. The van der Waals surface area contributed by atoms with Gasteiger partial charge in [0, 0.05) is 19.3 Å². The Bertz CT molecular complexity index is 1530. The fourth-order valence-corrected chi connectivity index (χ4v) is 6.41. The first-order valence-corrected chi connectivity index (χ1v) is 25.2. The van der Waals surface area contributed by atoms with Gasteiger partial charge in [-0.05, 0) is 116 Å². The number of nitrogens with zero attached hydrogens (tertiary/aromatic N) is 1. The van der Waals surface area contributed by atoms with Crippen LogP contribution in [0.25, 0.3) is 0 Å². The van der Waals surface area contributed by atoms with E-state index in [1.807, 2.05) is 21.1 Å². The number of likely N-dealkylation sites (N-methyl/N-ethyl adjacent to an activating group) is 1. The van der Waals surface area contributed by atoms with Crippen molar-refractivity contribution >= 4 is 17.9 Å². The van der Waals surface area contributed by atoms with Gasteiger partial charge in [-0.1, -0.05) is 160 Å². The van der Waals surface area contributed by atoms with Crippen LogP contribution in [0.15, 0.2) is 134 Å². The SMILES string of the molecule is CC/C=C/C/C=C/C/C=C/C/C=C/C/C=C/C/C=C/CCCCC(=O)OCC(COCCC(C(=O)O)[N+](C)(C)C)OC(=O)CCCC/C=C/C/C=C/C/C=C/C/C=C/C/C=C/CCCCC. The minimum absolute atomic E-state index is 0.0193. The van der Waals surface area contributed by atoms with E-state index in [2.05, 4.69) is 148 Å². The van der Waals surface area contributed by atoms with Gasteiger partial charge in [-0.25, -0.2) is 4.79 Å². The third-order valence-corrected chi connectivity index (χ3v) is 10.3. The molecule has 0 aromatic rings. The third kappa shape index (κ3) is 44.7. The molecule has 0 aromatic carbocycles. The molecule has 2 atom stereocenters. The van der Waals surface area contributed by atoms with E-state index in [1.54, 1.807) is 0 Å². The lowest BCUT2D eigenvalue weighted by atomic mass is 10.1. The van der Waals surface area contributed by atoms with E-state index in [0.717, 1.165) is 89.9 Å². The summed E-state index contributed by atoms with van der Waals surface area (Å²) in [7, 11) is 5.49. The zero-order chi connectivity index (χ0) is 48.4. The highest BCUT2D eigenvalue weighted by Crippen LogP contribution is 2.11. The van der Waals surface area contributed by atoms with Gasteiger partial charge in [-0.2, -0.15) is 0 Å². The zero-order valence-corrected chi connectivity index (χ0v) is 42.1. The van der Waals surface area contributed by atoms with Crippen LogP contribution in [0.2, 0.25) is 0 Å². The number of unbranched alkanes of at least 4 members (excludes halogenated alkanes) is 7. The first kappa shape index (κ1) is 61.5. The summed E-state index contributed by atoms with van der Waals surface area (Å²) in [5, 5.41) is 9.65. The molecule has 0 amide bonds. The highest BCUT2D eigenvalue weighted by atomic mass is 16.6. The molecule has 0 aliphatic carbocycles. The van der Waals surface area contributed by atoms with Crippen molar-refractivity contribution in [3.8, 4) is 0 Å². The fraction of sp³-hybridized carbons (Fsp3) is 0.569. The molecule has 0 fully saturated rings. The Morgan fingerprint density at radius 1 is 0.470 bits per heavy atom. The van der Waals surface area contributed by atoms with Crippen LogP contribution >= 0.6 is 0 Å². The quantitative estimate of drug-likeness (QED) is 0.0281. The molecule has 2 unspecified atom stereocenters. The van der Waals surface area contributed by atoms with Crippen molar-refractivity contribution in [1.29, 1.82) is 0 Å². The molecule has 8 heteroatoms. The summed E-state index contributed by atoms with van der Waals surface area (Å²) < 4.78 is 17.2. The largest absolute Gasteiger partial charge is 0.477 e. The second-order valence-electron chi connectivity index (χ2n) is 17.3. The average molecular weight is 915 g/mol. The predicted molar refractivity (Wildman–Crippen MR) is 279 cm³/mol. The number of hydrogen-bond acceptors (Lipinski definition) is 6. The van der Waals surface area contributed by atoms with Crippen LogP contribution in [0.4, 0.5) is 0 Å². The molecule has 0 spiro atoms. The van der Waals surface area contributed by atoms with Crippen molar-refractivity contribution in [2.75, 3.05) is 41.0 Å². The molecule has 1 N–H and O–H groups in total. The Morgan fingerprint density at radius 3 is 1.20 bits per heavy atom. The Balaban J connectivity index is 4.48. The summed E-state index contributed by atoms with van der Waals surface area (Å²) in [5.74, 6) is -1.60. The second-order valence-corrected chi connectivity index (χ2v) is 17.3. The topological polar surface area (TPSA) is 99.1 Å². The smallest absolute Gasteiger partial charge is 0.362 e. The summed E-state index contributed by atoms with van der Waals surface area (Å²) in [4.78, 5) is 37.1. The number of aliphatic carboxylic acids is 1. The molecule has 0 saturated carbocycles. The number of rotatable bonds is 43. The van der Waals surface area contributed by atoms with Gasteiger partial charge in [-0.15, -0.1) is 0 Å². The zero-order valence-electron chi connectivity index (χ0n) is 42.1. The maximum atomic E-state index is 12.8. The van der Waals surface area contributed by atoms with Gasteiger partial charge in [0.1, 0.15) is 6.61 Å². The number of allylic oxidation sites excluding steroid dienone is 22. The van der Waals surface area contributed by atoms with Crippen molar-refractivity contribution in [2.24, 2.45) is 0 Å². The summed E-state index contributed by atoms with van der Waals surface area (Å²) in [5.41, 5.74) is 0. The summed E-state index contributed by atoms with van der Waals surface area (Å²) in [6.07, 6.45) is 67.9. The summed E-state index contributed by atoms with van der Waals surface area (Å²) in [6, 6.07) is -0.640. The molecule has 0 aromatic heterocycles. The predicted octanol–water partition coefficient (Wildman–Crippen LogP) is 14.7. The molecule has 0 aliphatic rings. The van der Waals surface area contributed by atoms with E-state index in [9.17, 15) is 19.5 Å². The van der Waals surface area contributed by atoms with Crippen molar-refractivity contribution in [3.05, 3.63) is 134 Å². The minimum atomic E-state index is -0.894. The number of carbonyl (C=O) groups excluding carboxylic acids is 2. The normalized spacial score (nSPS) is 14.0. The molecular weight excluding hydrogens is 823 g/mol. The molecule has 370 valence electrons. The maximum Gasteiger partial charge on any atom is 0.362 e. The molecule has 0 radical (unpaired) electrons. The molecule has 66 heavy (non-hydrogen) atoms. The van der Waals surface area contributed by atoms with E-state index in [1.165, 1.54) is 25.7 Å². The maximum absolute atomic E-state index is 12.8. The van der Waals surface area contributed by atoms with Crippen LogP contribution in [0.5, 0.6) is 0 Å². The van der Waals surface area contributed by atoms with Gasteiger partial charge in [-0.3, -0.25) is 9.59 Å². The van der Waals surface area contributed by atoms with Crippen LogP contribution in [-0.4, -0.2) is 80.6 Å². The Kier molecular flexibility index (Phi) is 43.8. The third-order valence-electron chi connectivity index (χ3n) is 10.3. The van der Waals surface area contributed by atoms with Crippen molar-refractivity contribution in [2.45, 2.75) is 174 Å². The van der Waals surface area contributed by atoms with E-state index in [-0.39, 0.29) is 49.1 Å². The van der Waals surface area contributed by atoms with Crippen LogP contribution in [0, 0.1) is 0 Å². The standard InChI is InChI=1S/C58H91NO7/c1-6-8-10-12-14-16-18-20-22-24-26-28-30-32-34-36-38-40-42-44-46-48-56(60)65-53-54(52-64-51-50-55(58(62)63)59(3,4)5)66-57(61)49-47-45-43-41-39-37-35-33-31-29-27-25-23-21-19-17-15-13-11-9-7-2/h8,10,14-17,20-23,26-29,32-35,38-41,54-55H,6-7,9,11-13,18-19,24-25,30-31,36-37,42-53H2,1-5H3/p+1/b10-8+,16-14+,17-15+,22-20+,23-21+,28-26+,29-27+,34-32+,35-33+,40-38+,41-39+. The number of ether oxygens (including phenoxy) is 3. The second kappa shape index (κ2) is 47.0. The van der Waals surface area contributed by atoms with E-state index in [4.69, 9.17) is 14.2 Å². The molecule has 0 aliphatic heterocycles. The number of esters is 2. The Hall–Kier alpha value is -4.53. The van der Waals surface area contributed by atoms with Crippen LogP contribution in [0.1, 0.15) is 162 Å². The lowest BCUT2D eigenvalue weighted by Gasteiger charge is -2.31. The van der Waals surface area contributed by atoms with Gasteiger partial charge >= 0.3 is 17.9 Å². The van der Waals surface area contributed by atoms with Gasteiger partial charge < -0.3 is 23.8 Å². The van der Waals surface area contributed by atoms with Crippen molar-refractivity contribution in [1.82, 2.24) is 0 Å². The van der Waals surface area contributed by atoms with E-state index < -0.39 is 18.1 Å². The number of carboxylic acid groups (broad SMARTS) is 1. The Morgan fingerprint density at radius 2 is 0.833 bits per heavy atom. The molecule has 0 saturated heterocycles. The molecule has 0 rings (SSSR count). The molecule has 0 heterocycles. The first-order chi connectivity index (χ1) is 32.1. The molecule has 0 bridgehead atoms. The van der Waals surface area contributed by atoms with Gasteiger partial charge in [0.15, 0.2) is 12.1 Å². The number of hydrogen-bond donors (Lipinski definition) is 1. The number of carboxylic acids is 1. The molecular formula is C58H92NO7+. The summed E-state index contributed by atoms with van der Waals surface area (Å²) >= 11 is 0. The highest BCUT2D eigenvalue weighted by molar-refractivity contribution is 5.72. The van der Waals surface area contributed by atoms with Gasteiger partial charge in [0.25, 0.3) is 0 Å². The van der Waals surface area contributed by atoms with Gasteiger partial charge in [0.05, 0.1) is 34.4 Å². The minimum Gasteiger partial charge on any atom is -0.477 e. The molecule has 8 nitrogen and oxygen atoms in total. The lowest BCUT2D eigenvalue weighted by molar-refractivity contribution is -0.887. The van der Waals surface area contributed by atoms with Crippen molar-refractivity contribution < 1.29 is 38.2 Å². The van der Waals surface area contributed by atoms with Crippen LogP contribution in [-0.2, 0) is 28.6 Å². The summed E-state index contributed by atoms with van der Waals surface area (Å²) in [6.45, 7) is 4.48. The lowest BCUT2D eigenvalue weighted by Crippen LogP contribution is -2.50. The van der Waals surface area contributed by atoms with Crippen LogP contribution in [0.3, 0.4) is 0 Å². The number of carbonyl (C=O) groups is 3. The number of quaternary nitrogens is 1. The monoisotopic (exact) mass is 915 g/mol. The van der Waals surface area contributed by atoms with Crippen molar-refractivity contribution in [3.63, 3.8) is 0 Å². The Labute approximate surface area is 403 Å². The first-order valence-electron chi connectivity index (χ1n) is 25.2. The van der Waals surface area contributed by atoms with Gasteiger partial charge in [0.2, 0.25) is 0 Å². The fourth-order valence-electron chi connectivity index (χ4n) is 6.41. The van der Waals surface area contributed by atoms with E-state index in [0.29, 0.717) is 19.3 Å².